The Morgan fingerprint density at radius 3 is 2.00 bits per heavy atom. The average Bonchev–Trinajstić information content (AvgIpc) is 3.01. The zero-order chi connectivity index (χ0) is 10.2. The zero-order valence-corrected chi connectivity index (χ0v) is 8.91. The first-order chi connectivity index (χ1) is 6.86. The van der Waals surface area contributed by atoms with Gasteiger partial charge in [0.1, 0.15) is 12.2 Å². The number of hydrogen-bond donors (Lipinski definition) is 0. The SMILES string of the molecule is C(OCC1CO1)C1CO1.C=CCCC. The van der Waals surface area contributed by atoms with Gasteiger partial charge in [-0.05, 0) is 6.42 Å². The number of epoxide rings is 2. The summed E-state index contributed by atoms with van der Waals surface area (Å²) in [5.41, 5.74) is 0. The number of rotatable bonds is 6. The van der Waals surface area contributed by atoms with Gasteiger partial charge < -0.3 is 14.2 Å². The molecule has 2 fully saturated rings. The zero-order valence-electron chi connectivity index (χ0n) is 8.91. The first kappa shape index (κ1) is 11.7. The van der Waals surface area contributed by atoms with E-state index in [2.05, 4.69) is 13.5 Å². The molecule has 0 aromatic carbocycles. The van der Waals surface area contributed by atoms with E-state index < -0.39 is 0 Å². The van der Waals surface area contributed by atoms with Crippen LogP contribution in [0.1, 0.15) is 19.8 Å². The highest BCUT2D eigenvalue weighted by Crippen LogP contribution is 2.12. The van der Waals surface area contributed by atoms with Gasteiger partial charge in [-0.1, -0.05) is 19.4 Å². The van der Waals surface area contributed by atoms with Crippen LogP contribution < -0.4 is 0 Å². The Labute approximate surface area is 86.0 Å². The largest absolute Gasteiger partial charge is 0.376 e. The van der Waals surface area contributed by atoms with E-state index in [0.717, 1.165) is 32.8 Å². The summed E-state index contributed by atoms with van der Waals surface area (Å²) in [7, 11) is 0. The Morgan fingerprint density at radius 2 is 1.79 bits per heavy atom. The van der Waals surface area contributed by atoms with Crippen LogP contribution in [-0.4, -0.2) is 38.6 Å². The van der Waals surface area contributed by atoms with Crippen LogP contribution in [0.5, 0.6) is 0 Å². The van der Waals surface area contributed by atoms with Crippen molar-refractivity contribution < 1.29 is 14.2 Å². The van der Waals surface area contributed by atoms with Crippen LogP contribution in [0.3, 0.4) is 0 Å². The van der Waals surface area contributed by atoms with Gasteiger partial charge in [-0.15, -0.1) is 6.58 Å². The van der Waals surface area contributed by atoms with Crippen molar-refractivity contribution in [1.29, 1.82) is 0 Å². The molecule has 2 aliphatic rings. The lowest BCUT2D eigenvalue weighted by molar-refractivity contribution is 0.102. The maximum atomic E-state index is 5.23. The Bertz CT molecular complexity index is 139. The van der Waals surface area contributed by atoms with Gasteiger partial charge in [0.15, 0.2) is 0 Å². The van der Waals surface area contributed by atoms with Crippen molar-refractivity contribution in [3.05, 3.63) is 12.7 Å². The molecule has 0 bridgehead atoms. The minimum Gasteiger partial charge on any atom is -0.376 e. The summed E-state index contributed by atoms with van der Waals surface area (Å²) in [5.74, 6) is 0. The van der Waals surface area contributed by atoms with E-state index in [4.69, 9.17) is 14.2 Å². The molecule has 0 saturated carbocycles. The molecule has 14 heavy (non-hydrogen) atoms. The third-order valence-corrected chi connectivity index (χ3v) is 1.91. The molecule has 0 N–H and O–H groups in total. The third-order valence-electron chi connectivity index (χ3n) is 1.91. The van der Waals surface area contributed by atoms with Crippen LogP contribution in [0.2, 0.25) is 0 Å². The van der Waals surface area contributed by atoms with Gasteiger partial charge in [0.25, 0.3) is 0 Å². The molecule has 0 spiro atoms. The first-order valence-electron chi connectivity index (χ1n) is 5.28. The molecule has 2 heterocycles. The molecule has 0 aliphatic carbocycles. The van der Waals surface area contributed by atoms with Crippen molar-refractivity contribution >= 4 is 0 Å². The molecule has 3 nitrogen and oxygen atoms in total. The van der Waals surface area contributed by atoms with Crippen molar-refractivity contribution in [2.24, 2.45) is 0 Å². The molecule has 0 aromatic rings. The van der Waals surface area contributed by atoms with Gasteiger partial charge in [-0.3, -0.25) is 0 Å². The fourth-order valence-corrected chi connectivity index (χ4v) is 0.864. The second kappa shape index (κ2) is 6.98. The normalized spacial score (nSPS) is 27.5. The van der Waals surface area contributed by atoms with Crippen molar-refractivity contribution in [1.82, 2.24) is 0 Å². The van der Waals surface area contributed by atoms with Crippen LogP contribution in [0.25, 0.3) is 0 Å². The first-order valence-corrected chi connectivity index (χ1v) is 5.28. The van der Waals surface area contributed by atoms with Crippen LogP contribution >= 0.6 is 0 Å². The average molecular weight is 200 g/mol. The van der Waals surface area contributed by atoms with Crippen molar-refractivity contribution in [2.75, 3.05) is 26.4 Å². The molecule has 0 amide bonds. The Balaban J connectivity index is 0.000000171. The fourth-order valence-electron chi connectivity index (χ4n) is 0.864. The molecule has 3 heteroatoms. The summed E-state index contributed by atoms with van der Waals surface area (Å²) in [4.78, 5) is 0. The quantitative estimate of drug-likeness (QED) is 0.484. The van der Waals surface area contributed by atoms with E-state index >= 15 is 0 Å². The Kier molecular flexibility index (Phi) is 5.83. The predicted octanol–water partition coefficient (Wildman–Crippen LogP) is 1.77. The maximum absolute atomic E-state index is 5.23. The highest BCUT2D eigenvalue weighted by atomic mass is 16.6. The van der Waals surface area contributed by atoms with Gasteiger partial charge in [0.05, 0.1) is 26.4 Å². The van der Waals surface area contributed by atoms with Gasteiger partial charge >= 0.3 is 0 Å². The summed E-state index contributed by atoms with van der Waals surface area (Å²) in [6.45, 7) is 8.95. The summed E-state index contributed by atoms with van der Waals surface area (Å²) >= 11 is 0. The van der Waals surface area contributed by atoms with Gasteiger partial charge in [-0.2, -0.15) is 0 Å². The van der Waals surface area contributed by atoms with E-state index in [1.165, 1.54) is 6.42 Å². The minimum absolute atomic E-state index is 0.392. The molecule has 2 atom stereocenters. The summed E-state index contributed by atoms with van der Waals surface area (Å²) in [6.07, 6.45) is 5.09. The molecular formula is C11H20O3. The van der Waals surface area contributed by atoms with Crippen molar-refractivity contribution in [2.45, 2.75) is 32.0 Å². The van der Waals surface area contributed by atoms with Gasteiger partial charge in [-0.25, -0.2) is 0 Å². The molecule has 0 aromatic heterocycles. The van der Waals surface area contributed by atoms with E-state index in [1.807, 2.05) is 6.08 Å². The number of allylic oxidation sites excluding steroid dienone is 1. The van der Waals surface area contributed by atoms with E-state index in [9.17, 15) is 0 Å². The molecule has 2 saturated heterocycles. The van der Waals surface area contributed by atoms with E-state index in [1.54, 1.807) is 0 Å². The highest BCUT2D eigenvalue weighted by Gasteiger charge is 2.26. The number of hydrogen-bond acceptors (Lipinski definition) is 3. The summed E-state index contributed by atoms with van der Waals surface area (Å²) in [5, 5.41) is 0. The molecule has 0 radical (unpaired) electrons. The van der Waals surface area contributed by atoms with Crippen molar-refractivity contribution in [3.63, 3.8) is 0 Å². The molecular weight excluding hydrogens is 180 g/mol. The Morgan fingerprint density at radius 1 is 1.29 bits per heavy atom. The predicted molar refractivity (Wildman–Crippen MR) is 55.4 cm³/mol. The standard InChI is InChI=1S/C6H10O3.C5H10/c1(5-3-8-5)7-2-6-4-9-6;1-3-5-4-2/h5-6H,1-4H2;3H,1,4-5H2,2H3. The number of unbranched alkanes of at least 4 members (excludes halogenated alkanes) is 1. The van der Waals surface area contributed by atoms with Crippen LogP contribution in [-0.2, 0) is 14.2 Å². The third kappa shape index (κ3) is 7.06. The topological polar surface area (TPSA) is 34.3 Å². The van der Waals surface area contributed by atoms with Crippen LogP contribution in [0.15, 0.2) is 12.7 Å². The molecule has 2 unspecified atom stereocenters. The summed E-state index contributed by atoms with van der Waals surface area (Å²) < 4.78 is 15.1. The lowest BCUT2D eigenvalue weighted by Crippen LogP contribution is -2.06. The minimum atomic E-state index is 0.392. The monoisotopic (exact) mass is 200 g/mol. The van der Waals surface area contributed by atoms with Gasteiger partial charge in [0, 0.05) is 0 Å². The lowest BCUT2D eigenvalue weighted by Gasteiger charge is -1.95. The Hall–Kier alpha value is -0.380. The highest BCUT2D eigenvalue weighted by molar-refractivity contribution is 4.71. The fraction of sp³-hybridized carbons (Fsp3) is 0.818. The lowest BCUT2D eigenvalue weighted by atomic mass is 10.3. The molecule has 82 valence electrons. The smallest absolute Gasteiger partial charge is 0.104 e. The molecule has 2 rings (SSSR count). The second-order valence-electron chi connectivity index (χ2n) is 3.53. The van der Waals surface area contributed by atoms with E-state index in [-0.39, 0.29) is 0 Å². The number of ether oxygens (including phenoxy) is 3. The molecule has 2 aliphatic heterocycles. The second-order valence-corrected chi connectivity index (χ2v) is 3.53. The van der Waals surface area contributed by atoms with E-state index in [0.29, 0.717) is 12.2 Å². The van der Waals surface area contributed by atoms with Crippen LogP contribution in [0, 0.1) is 0 Å². The van der Waals surface area contributed by atoms with Gasteiger partial charge in [0.2, 0.25) is 0 Å². The summed E-state index contributed by atoms with van der Waals surface area (Å²) in [6, 6.07) is 0. The maximum Gasteiger partial charge on any atom is 0.104 e. The van der Waals surface area contributed by atoms with Crippen LogP contribution in [0.4, 0.5) is 0 Å². The van der Waals surface area contributed by atoms with Crippen molar-refractivity contribution in [3.8, 4) is 0 Å².